The van der Waals surface area contributed by atoms with Gasteiger partial charge >= 0.3 is 0 Å². The van der Waals surface area contributed by atoms with Crippen LogP contribution in [0.2, 0.25) is 0 Å². The maximum absolute atomic E-state index is 5.84. The van der Waals surface area contributed by atoms with E-state index in [-0.39, 0.29) is 11.1 Å². The summed E-state index contributed by atoms with van der Waals surface area (Å²) in [7, 11) is 0. The molecular weight excluding hydrogens is 272 g/mol. The lowest BCUT2D eigenvalue weighted by molar-refractivity contribution is 0.246. The first-order valence-corrected chi connectivity index (χ1v) is 6.74. The topological polar surface area (TPSA) is 73.1 Å². The zero-order valence-corrected chi connectivity index (χ0v) is 11.6. The second-order valence-electron chi connectivity index (χ2n) is 4.56. The van der Waals surface area contributed by atoms with Crippen LogP contribution in [0.5, 0.6) is 5.75 Å². The number of thiocarbonyl (C=S) groups is 1. The molecule has 0 saturated heterocycles. The summed E-state index contributed by atoms with van der Waals surface area (Å²) in [5.41, 5.74) is 7.34. The van der Waals surface area contributed by atoms with Crippen LogP contribution >= 0.6 is 12.2 Å². The van der Waals surface area contributed by atoms with Crippen molar-refractivity contribution in [3.05, 3.63) is 47.8 Å². The summed E-state index contributed by atoms with van der Waals surface area (Å²) in [5.74, 6) is 1.46. The van der Waals surface area contributed by atoms with E-state index in [2.05, 4.69) is 21.4 Å². The van der Waals surface area contributed by atoms with Crippen LogP contribution < -0.4 is 15.8 Å². The monoisotopic (exact) mass is 286 g/mol. The van der Waals surface area contributed by atoms with Gasteiger partial charge in [0.2, 0.25) is 5.95 Å². The molecule has 20 heavy (non-hydrogen) atoms. The van der Waals surface area contributed by atoms with Gasteiger partial charge in [0.25, 0.3) is 0 Å². The molecule has 1 atom stereocenters. The Morgan fingerprint density at radius 1 is 1.40 bits per heavy atom. The lowest BCUT2D eigenvalue weighted by atomic mass is 10.1. The highest BCUT2D eigenvalue weighted by Crippen LogP contribution is 2.27. The summed E-state index contributed by atoms with van der Waals surface area (Å²) < 4.78 is 5.84. The van der Waals surface area contributed by atoms with Gasteiger partial charge in [-0.05, 0) is 17.7 Å². The van der Waals surface area contributed by atoms with E-state index in [4.69, 9.17) is 22.7 Å². The number of hydrogen-bond donors (Lipinski definition) is 2. The number of aromatic nitrogens is 2. The van der Waals surface area contributed by atoms with E-state index < -0.39 is 0 Å². The first-order valence-electron chi connectivity index (χ1n) is 6.33. The lowest BCUT2D eigenvalue weighted by Gasteiger charge is -2.12. The molecule has 3 N–H and O–H groups in total. The van der Waals surface area contributed by atoms with Gasteiger partial charge in [-0.15, -0.1) is 0 Å². The van der Waals surface area contributed by atoms with Gasteiger partial charge < -0.3 is 15.8 Å². The molecule has 1 aromatic heterocycles. The number of para-hydroxylation sites is 1. The van der Waals surface area contributed by atoms with Crippen LogP contribution in [0.4, 0.5) is 5.95 Å². The molecule has 0 spiro atoms. The van der Waals surface area contributed by atoms with Gasteiger partial charge in [0, 0.05) is 12.6 Å². The molecule has 6 heteroatoms. The Balaban J connectivity index is 1.61. The van der Waals surface area contributed by atoms with Gasteiger partial charge in [0.1, 0.15) is 22.5 Å². The third-order valence-corrected chi connectivity index (χ3v) is 3.32. The molecule has 0 fully saturated rings. The van der Waals surface area contributed by atoms with Crippen LogP contribution in [0, 0.1) is 0 Å². The summed E-state index contributed by atoms with van der Waals surface area (Å²) in [6.07, 6.45) is 2.61. The number of benzene rings is 1. The molecule has 1 aromatic carbocycles. The minimum atomic E-state index is 0.0875. The second-order valence-corrected chi connectivity index (χ2v) is 5.00. The van der Waals surface area contributed by atoms with Crippen molar-refractivity contribution in [1.29, 1.82) is 0 Å². The van der Waals surface area contributed by atoms with Crippen molar-refractivity contribution in [3.63, 3.8) is 0 Å². The predicted octanol–water partition coefficient (Wildman–Crippen LogP) is 1.53. The van der Waals surface area contributed by atoms with Crippen LogP contribution in [0.25, 0.3) is 0 Å². The number of hydrogen-bond acceptors (Lipinski definition) is 5. The Bertz CT molecular complexity index is 622. The molecule has 0 amide bonds. The van der Waals surface area contributed by atoms with E-state index in [1.807, 2.05) is 18.2 Å². The summed E-state index contributed by atoms with van der Waals surface area (Å²) in [6, 6.07) is 9.75. The van der Waals surface area contributed by atoms with Crippen molar-refractivity contribution in [2.75, 3.05) is 11.9 Å². The SMILES string of the molecule is NC(=S)c1ccnc(NCC2Cc3ccccc3O2)n1. The first-order chi connectivity index (χ1) is 9.72. The van der Waals surface area contributed by atoms with E-state index in [0.29, 0.717) is 18.2 Å². The predicted molar refractivity (Wildman–Crippen MR) is 81.0 cm³/mol. The van der Waals surface area contributed by atoms with Crippen LogP contribution in [0.3, 0.4) is 0 Å². The average Bonchev–Trinajstić information content (AvgIpc) is 2.88. The van der Waals surface area contributed by atoms with E-state index in [9.17, 15) is 0 Å². The van der Waals surface area contributed by atoms with Crippen molar-refractivity contribution >= 4 is 23.2 Å². The van der Waals surface area contributed by atoms with Crippen molar-refractivity contribution < 1.29 is 4.74 Å². The Morgan fingerprint density at radius 3 is 3.05 bits per heavy atom. The Labute approximate surface area is 122 Å². The van der Waals surface area contributed by atoms with Crippen LogP contribution in [0.15, 0.2) is 36.5 Å². The molecule has 5 nitrogen and oxygen atoms in total. The number of nitrogens with zero attached hydrogens (tertiary/aromatic N) is 2. The fraction of sp³-hybridized carbons (Fsp3) is 0.214. The highest BCUT2D eigenvalue weighted by Gasteiger charge is 2.22. The maximum Gasteiger partial charge on any atom is 0.223 e. The van der Waals surface area contributed by atoms with Gasteiger partial charge in [0.05, 0.1) is 6.54 Å². The summed E-state index contributed by atoms with van der Waals surface area (Å²) in [5, 5.41) is 3.15. The molecule has 3 rings (SSSR count). The number of nitrogens with one attached hydrogen (secondary N) is 1. The van der Waals surface area contributed by atoms with Gasteiger partial charge in [-0.3, -0.25) is 0 Å². The molecule has 2 heterocycles. The molecule has 0 radical (unpaired) electrons. The smallest absolute Gasteiger partial charge is 0.223 e. The molecule has 2 aromatic rings. The third kappa shape index (κ3) is 2.70. The lowest BCUT2D eigenvalue weighted by Crippen LogP contribution is -2.25. The first kappa shape index (κ1) is 12.8. The van der Waals surface area contributed by atoms with Crippen LogP contribution in [0.1, 0.15) is 11.3 Å². The molecule has 0 bridgehead atoms. The number of rotatable bonds is 4. The zero-order valence-electron chi connectivity index (χ0n) is 10.7. The summed E-state index contributed by atoms with van der Waals surface area (Å²) >= 11 is 4.90. The largest absolute Gasteiger partial charge is 0.488 e. The van der Waals surface area contributed by atoms with E-state index in [1.165, 1.54) is 5.56 Å². The fourth-order valence-corrected chi connectivity index (χ4v) is 2.27. The molecular formula is C14H14N4OS. The minimum absolute atomic E-state index is 0.0875. The van der Waals surface area contributed by atoms with E-state index >= 15 is 0 Å². The highest BCUT2D eigenvalue weighted by atomic mass is 32.1. The van der Waals surface area contributed by atoms with Crippen LogP contribution in [-0.2, 0) is 6.42 Å². The van der Waals surface area contributed by atoms with Crippen molar-refractivity contribution in [2.24, 2.45) is 5.73 Å². The zero-order chi connectivity index (χ0) is 13.9. The molecule has 0 aliphatic carbocycles. The van der Waals surface area contributed by atoms with Crippen molar-refractivity contribution in [3.8, 4) is 5.75 Å². The number of nitrogens with two attached hydrogens (primary N) is 1. The fourth-order valence-electron chi connectivity index (χ4n) is 2.15. The highest BCUT2D eigenvalue weighted by molar-refractivity contribution is 7.80. The molecule has 1 aliphatic rings. The summed E-state index contributed by atoms with van der Waals surface area (Å²) in [6.45, 7) is 0.634. The Morgan fingerprint density at radius 2 is 2.25 bits per heavy atom. The Hall–Kier alpha value is -2.21. The summed E-state index contributed by atoms with van der Waals surface area (Å²) in [4.78, 5) is 8.64. The van der Waals surface area contributed by atoms with Gasteiger partial charge in [0.15, 0.2) is 0 Å². The number of ether oxygens (including phenoxy) is 1. The molecule has 1 aliphatic heterocycles. The van der Waals surface area contributed by atoms with Gasteiger partial charge in [-0.25, -0.2) is 9.97 Å². The number of anilines is 1. The standard InChI is InChI=1S/C14H14N4OS/c15-13(20)11-5-6-16-14(18-11)17-8-10-7-9-3-1-2-4-12(9)19-10/h1-6,10H,7-8H2,(H2,15,20)(H,16,17,18). The van der Waals surface area contributed by atoms with Gasteiger partial charge in [-0.2, -0.15) is 0 Å². The number of fused-ring (bicyclic) bond motifs is 1. The molecule has 1 unspecified atom stereocenters. The van der Waals surface area contributed by atoms with E-state index in [0.717, 1.165) is 12.2 Å². The van der Waals surface area contributed by atoms with Crippen molar-refractivity contribution in [2.45, 2.75) is 12.5 Å². The normalized spacial score (nSPS) is 16.3. The minimum Gasteiger partial charge on any atom is -0.488 e. The maximum atomic E-state index is 5.84. The van der Waals surface area contributed by atoms with Gasteiger partial charge in [-0.1, -0.05) is 30.4 Å². The van der Waals surface area contributed by atoms with Crippen LogP contribution in [-0.4, -0.2) is 27.6 Å². The average molecular weight is 286 g/mol. The quantitative estimate of drug-likeness (QED) is 0.830. The van der Waals surface area contributed by atoms with Crippen molar-refractivity contribution in [1.82, 2.24) is 9.97 Å². The second kappa shape index (κ2) is 5.42. The third-order valence-electron chi connectivity index (χ3n) is 3.11. The van der Waals surface area contributed by atoms with E-state index in [1.54, 1.807) is 12.3 Å². The molecule has 102 valence electrons. The Kier molecular flexibility index (Phi) is 3.47. The molecule has 0 saturated carbocycles.